The fourth-order valence-corrected chi connectivity index (χ4v) is 1.59. The molecule has 0 saturated carbocycles. The number of methoxy groups -OCH3 is 1. The molecule has 1 rings (SSSR count). The molecule has 0 heterocycles. The molecule has 0 radical (unpaired) electrons. The van der Waals surface area contributed by atoms with Crippen LogP contribution in [0.1, 0.15) is 12.8 Å². The van der Waals surface area contributed by atoms with Gasteiger partial charge < -0.3 is 19.5 Å². The van der Waals surface area contributed by atoms with Crippen molar-refractivity contribution in [2.75, 3.05) is 32.3 Å². The van der Waals surface area contributed by atoms with E-state index < -0.39 is 5.97 Å². The Balaban J connectivity index is 2.54. The van der Waals surface area contributed by atoms with Crippen molar-refractivity contribution in [1.82, 2.24) is 0 Å². The third-order valence-corrected chi connectivity index (χ3v) is 2.70. The van der Waals surface area contributed by atoms with Gasteiger partial charge in [0.05, 0.1) is 0 Å². The molecule has 1 aromatic carbocycles. The predicted octanol–water partition coefficient (Wildman–Crippen LogP) is 1.54. The lowest BCUT2D eigenvalue weighted by Gasteiger charge is -2.17. The Morgan fingerprint density at radius 1 is 1.25 bits per heavy atom. The molecule has 20 heavy (non-hydrogen) atoms. The van der Waals surface area contributed by atoms with Gasteiger partial charge in [-0.25, -0.2) is 4.79 Å². The van der Waals surface area contributed by atoms with E-state index in [-0.39, 0.29) is 12.5 Å². The molecular weight excluding hydrogens is 262 g/mol. The second-order valence-corrected chi connectivity index (χ2v) is 4.23. The summed E-state index contributed by atoms with van der Waals surface area (Å²) in [5, 5.41) is 8.51. The summed E-state index contributed by atoms with van der Waals surface area (Å²) in [7, 11) is 3.30. The summed E-state index contributed by atoms with van der Waals surface area (Å²) in [6, 6.07) is 6.70. The molecule has 1 N–H and O–H groups in total. The summed E-state index contributed by atoms with van der Waals surface area (Å²) in [5.41, 5.74) is 0.732. The predicted molar refractivity (Wildman–Crippen MR) is 74.1 cm³/mol. The van der Waals surface area contributed by atoms with Crippen molar-refractivity contribution in [3.63, 3.8) is 0 Å². The van der Waals surface area contributed by atoms with E-state index in [9.17, 15) is 9.59 Å². The van der Waals surface area contributed by atoms with Gasteiger partial charge in [0.2, 0.25) is 5.91 Å². The van der Waals surface area contributed by atoms with Crippen LogP contribution in [0.2, 0.25) is 0 Å². The first kappa shape index (κ1) is 16.0. The molecule has 0 bridgehead atoms. The number of nitrogens with zero attached hydrogens (tertiary/aromatic N) is 1. The number of anilines is 1. The minimum atomic E-state index is -1.03. The van der Waals surface area contributed by atoms with E-state index in [4.69, 9.17) is 14.6 Å². The molecule has 0 aliphatic heterocycles. The van der Waals surface area contributed by atoms with Crippen molar-refractivity contribution >= 4 is 17.6 Å². The summed E-state index contributed by atoms with van der Waals surface area (Å²) in [6.07, 6.45) is 1.10. The van der Waals surface area contributed by atoms with Crippen molar-refractivity contribution in [2.24, 2.45) is 0 Å². The lowest BCUT2D eigenvalue weighted by atomic mass is 10.2. The van der Waals surface area contributed by atoms with Crippen LogP contribution in [0.15, 0.2) is 24.3 Å². The average molecular weight is 281 g/mol. The van der Waals surface area contributed by atoms with Crippen molar-refractivity contribution in [3.8, 4) is 5.75 Å². The van der Waals surface area contributed by atoms with Crippen LogP contribution >= 0.6 is 0 Å². The second-order valence-electron chi connectivity index (χ2n) is 4.23. The number of carboxylic acids is 1. The Kier molecular flexibility index (Phi) is 6.52. The molecule has 0 spiro atoms. The molecule has 0 atom stereocenters. The van der Waals surface area contributed by atoms with E-state index in [0.29, 0.717) is 25.2 Å². The van der Waals surface area contributed by atoms with Gasteiger partial charge in [-0.3, -0.25) is 4.79 Å². The lowest BCUT2D eigenvalue weighted by Crippen LogP contribution is -2.26. The fraction of sp³-hybridized carbons (Fsp3) is 0.429. The molecule has 6 heteroatoms. The van der Waals surface area contributed by atoms with Crippen molar-refractivity contribution < 1.29 is 24.2 Å². The fourth-order valence-electron chi connectivity index (χ4n) is 1.59. The number of carbonyl (C=O) groups excluding carboxylic acids is 1. The monoisotopic (exact) mass is 281 g/mol. The summed E-state index contributed by atoms with van der Waals surface area (Å²) in [5.74, 6) is -0.572. The highest BCUT2D eigenvalue weighted by Gasteiger charge is 2.10. The smallest absolute Gasteiger partial charge is 0.341 e. The highest BCUT2D eigenvalue weighted by Crippen LogP contribution is 2.19. The summed E-state index contributed by atoms with van der Waals surface area (Å²) < 4.78 is 9.93. The Labute approximate surface area is 117 Å². The zero-order chi connectivity index (χ0) is 15.0. The van der Waals surface area contributed by atoms with Crippen LogP contribution in [0.5, 0.6) is 5.75 Å². The first-order valence-corrected chi connectivity index (χ1v) is 6.24. The van der Waals surface area contributed by atoms with Crippen LogP contribution in [0.4, 0.5) is 5.69 Å². The van der Waals surface area contributed by atoms with E-state index in [1.54, 1.807) is 43.3 Å². The van der Waals surface area contributed by atoms with Crippen LogP contribution in [-0.2, 0) is 14.3 Å². The molecule has 0 aliphatic carbocycles. The maximum Gasteiger partial charge on any atom is 0.341 e. The minimum Gasteiger partial charge on any atom is -0.482 e. The van der Waals surface area contributed by atoms with Gasteiger partial charge in [-0.2, -0.15) is 0 Å². The van der Waals surface area contributed by atoms with Crippen molar-refractivity contribution in [3.05, 3.63) is 24.3 Å². The number of hydrogen-bond donors (Lipinski definition) is 1. The molecule has 6 nitrogen and oxygen atoms in total. The SMILES string of the molecule is COCCCC(=O)N(C)c1ccc(OCC(=O)O)cc1. The summed E-state index contributed by atoms with van der Waals surface area (Å²) in [6.45, 7) is 0.173. The van der Waals surface area contributed by atoms with E-state index in [1.165, 1.54) is 0 Å². The Bertz CT molecular complexity index is 443. The maximum absolute atomic E-state index is 11.9. The van der Waals surface area contributed by atoms with E-state index in [2.05, 4.69) is 0 Å². The van der Waals surface area contributed by atoms with Gasteiger partial charge in [0.15, 0.2) is 6.61 Å². The molecular formula is C14H19NO5. The van der Waals surface area contributed by atoms with Crippen LogP contribution in [0.3, 0.4) is 0 Å². The Morgan fingerprint density at radius 3 is 2.45 bits per heavy atom. The average Bonchev–Trinajstić information content (AvgIpc) is 2.45. The quantitative estimate of drug-likeness (QED) is 0.731. The summed E-state index contributed by atoms with van der Waals surface area (Å²) >= 11 is 0. The highest BCUT2D eigenvalue weighted by atomic mass is 16.5. The number of amides is 1. The van der Waals surface area contributed by atoms with E-state index in [1.807, 2.05) is 0 Å². The molecule has 0 aliphatic rings. The first-order chi connectivity index (χ1) is 9.54. The molecule has 0 unspecified atom stereocenters. The maximum atomic E-state index is 11.9. The lowest BCUT2D eigenvalue weighted by molar-refractivity contribution is -0.139. The van der Waals surface area contributed by atoms with Crippen molar-refractivity contribution in [2.45, 2.75) is 12.8 Å². The molecule has 1 amide bonds. The molecule has 0 fully saturated rings. The number of ether oxygens (including phenoxy) is 2. The third-order valence-electron chi connectivity index (χ3n) is 2.70. The Morgan fingerprint density at radius 2 is 1.90 bits per heavy atom. The van der Waals surface area contributed by atoms with E-state index >= 15 is 0 Å². The van der Waals surface area contributed by atoms with Crippen LogP contribution in [-0.4, -0.2) is 44.4 Å². The van der Waals surface area contributed by atoms with Gasteiger partial charge in [0, 0.05) is 32.9 Å². The molecule has 1 aromatic rings. The Hall–Kier alpha value is -2.08. The van der Waals surface area contributed by atoms with Crippen LogP contribution in [0.25, 0.3) is 0 Å². The number of hydrogen-bond acceptors (Lipinski definition) is 4. The zero-order valence-electron chi connectivity index (χ0n) is 11.7. The standard InChI is InChI=1S/C14H19NO5/c1-15(13(16)4-3-9-19-2)11-5-7-12(8-6-11)20-10-14(17)18/h5-8H,3-4,9-10H2,1-2H3,(H,17,18). The largest absolute Gasteiger partial charge is 0.482 e. The number of rotatable bonds is 8. The van der Waals surface area contributed by atoms with Gasteiger partial charge in [0.25, 0.3) is 0 Å². The molecule has 110 valence electrons. The zero-order valence-corrected chi connectivity index (χ0v) is 11.7. The highest BCUT2D eigenvalue weighted by molar-refractivity contribution is 5.92. The normalized spacial score (nSPS) is 10.1. The first-order valence-electron chi connectivity index (χ1n) is 6.24. The van der Waals surface area contributed by atoms with Gasteiger partial charge in [-0.05, 0) is 30.7 Å². The molecule has 0 aromatic heterocycles. The minimum absolute atomic E-state index is 0.00116. The molecule has 0 saturated heterocycles. The van der Waals surface area contributed by atoms with Crippen LogP contribution < -0.4 is 9.64 Å². The van der Waals surface area contributed by atoms with Gasteiger partial charge in [-0.15, -0.1) is 0 Å². The topological polar surface area (TPSA) is 76.1 Å². The van der Waals surface area contributed by atoms with Gasteiger partial charge in [-0.1, -0.05) is 0 Å². The van der Waals surface area contributed by atoms with Crippen molar-refractivity contribution in [1.29, 1.82) is 0 Å². The second kappa shape index (κ2) is 8.16. The number of carboxylic acid groups (broad SMARTS) is 1. The van der Waals surface area contributed by atoms with Crippen LogP contribution in [0, 0.1) is 0 Å². The number of carbonyl (C=O) groups is 2. The number of aliphatic carboxylic acids is 1. The summed E-state index contributed by atoms with van der Waals surface area (Å²) in [4.78, 5) is 23.8. The van der Waals surface area contributed by atoms with E-state index in [0.717, 1.165) is 5.69 Å². The van der Waals surface area contributed by atoms with Gasteiger partial charge >= 0.3 is 5.97 Å². The number of benzene rings is 1. The van der Waals surface area contributed by atoms with Gasteiger partial charge in [0.1, 0.15) is 5.75 Å². The third kappa shape index (κ3) is 5.27.